The van der Waals surface area contributed by atoms with Crippen molar-refractivity contribution in [1.82, 2.24) is 14.5 Å². The summed E-state index contributed by atoms with van der Waals surface area (Å²) in [7, 11) is -3.87. The van der Waals surface area contributed by atoms with Gasteiger partial charge in [0.1, 0.15) is 0 Å². The summed E-state index contributed by atoms with van der Waals surface area (Å²) in [6.07, 6.45) is 2.14. The van der Waals surface area contributed by atoms with Gasteiger partial charge in [-0.15, -0.1) is 0 Å². The van der Waals surface area contributed by atoms with Gasteiger partial charge >= 0.3 is 5.97 Å². The minimum Gasteiger partial charge on any atom is -0.460 e. The molecule has 186 valence electrons. The molecule has 3 heterocycles. The van der Waals surface area contributed by atoms with Gasteiger partial charge < -0.3 is 19.4 Å². The van der Waals surface area contributed by atoms with Crippen molar-refractivity contribution in [3.8, 4) is 0 Å². The van der Waals surface area contributed by atoms with E-state index in [4.69, 9.17) is 9.15 Å². The molecule has 3 atom stereocenters. The summed E-state index contributed by atoms with van der Waals surface area (Å²) in [6, 6.07) is 2.61. The van der Waals surface area contributed by atoms with Crippen LogP contribution < -0.4 is 5.32 Å². The van der Waals surface area contributed by atoms with Gasteiger partial charge in [-0.25, -0.2) is 13.2 Å². The Morgan fingerprint density at radius 2 is 1.82 bits per heavy atom. The number of hydrogen-bond donors (Lipinski definition) is 1. The average molecular weight is 484 g/mol. The van der Waals surface area contributed by atoms with Crippen LogP contribution in [0.25, 0.3) is 0 Å². The highest BCUT2D eigenvalue weighted by Crippen LogP contribution is 2.26. The van der Waals surface area contributed by atoms with Crippen LogP contribution in [0, 0.1) is 17.8 Å². The van der Waals surface area contributed by atoms with Crippen molar-refractivity contribution in [1.29, 1.82) is 0 Å². The number of sulfonamides is 1. The Labute approximate surface area is 196 Å². The number of carbonyl (C=O) groups excluding carboxylic acids is 2. The molecule has 3 unspecified atom stereocenters. The van der Waals surface area contributed by atoms with E-state index in [1.54, 1.807) is 6.92 Å². The number of nitrogens with zero attached hydrogens (tertiary/aromatic N) is 2. The molecule has 2 fully saturated rings. The molecule has 0 aromatic carbocycles. The molecule has 2 aliphatic heterocycles. The Bertz CT molecular complexity index is 912. The Morgan fingerprint density at radius 3 is 2.42 bits per heavy atom. The van der Waals surface area contributed by atoms with Crippen molar-refractivity contribution in [2.24, 2.45) is 17.8 Å². The Hall–Kier alpha value is -1.91. The molecule has 1 aromatic heterocycles. The molecule has 1 aromatic rings. The molecule has 0 bridgehead atoms. The predicted molar refractivity (Wildman–Crippen MR) is 123 cm³/mol. The van der Waals surface area contributed by atoms with Gasteiger partial charge in [0, 0.05) is 44.7 Å². The minimum atomic E-state index is -3.87. The smallest absolute Gasteiger partial charge is 0.374 e. The highest BCUT2D eigenvalue weighted by atomic mass is 32.2. The molecular formula is C23H37N3O6S. The van der Waals surface area contributed by atoms with Crippen molar-refractivity contribution in [2.75, 3.05) is 39.3 Å². The molecule has 10 heteroatoms. The van der Waals surface area contributed by atoms with Crippen molar-refractivity contribution in [3.05, 3.63) is 17.9 Å². The van der Waals surface area contributed by atoms with Gasteiger partial charge in [-0.2, -0.15) is 4.31 Å². The van der Waals surface area contributed by atoms with Gasteiger partial charge in [-0.3, -0.25) is 4.79 Å². The molecular weight excluding hydrogens is 446 g/mol. The van der Waals surface area contributed by atoms with Gasteiger partial charge in [0.05, 0.1) is 6.61 Å². The van der Waals surface area contributed by atoms with E-state index in [1.807, 2.05) is 6.92 Å². The number of esters is 1. The van der Waals surface area contributed by atoms with Crippen LogP contribution in [0.2, 0.25) is 0 Å². The first kappa shape index (κ1) is 25.7. The number of furan rings is 1. The topological polar surface area (TPSA) is 109 Å². The second-order valence-corrected chi connectivity index (χ2v) is 11.5. The lowest BCUT2D eigenvalue weighted by atomic mass is 9.91. The summed E-state index contributed by atoms with van der Waals surface area (Å²) in [6.45, 7) is 11.8. The molecule has 0 saturated carbocycles. The molecule has 0 spiro atoms. The first-order chi connectivity index (χ1) is 15.6. The van der Waals surface area contributed by atoms with Crippen molar-refractivity contribution < 1.29 is 27.2 Å². The minimum absolute atomic E-state index is 0.0137. The number of likely N-dealkylation sites (tertiary alicyclic amines) is 1. The van der Waals surface area contributed by atoms with E-state index in [9.17, 15) is 18.0 Å². The van der Waals surface area contributed by atoms with Gasteiger partial charge in [-0.05, 0) is 57.1 Å². The largest absolute Gasteiger partial charge is 0.460 e. The molecule has 2 saturated heterocycles. The Morgan fingerprint density at radius 1 is 1.18 bits per heavy atom. The molecule has 0 aliphatic carbocycles. The normalized spacial score (nSPS) is 24.4. The van der Waals surface area contributed by atoms with E-state index in [0.29, 0.717) is 24.7 Å². The third-order valence-electron chi connectivity index (χ3n) is 6.34. The monoisotopic (exact) mass is 483 g/mol. The molecule has 2 aliphatic rings. The Balaban J connectivity index is 1.49. The number of ether oxygens (including phenoxy) is 1. The maximum atomic E-state index is 12.9. The first-order valence-electron chi connectivity index (χ1n) is 11.9. The van der Waals surface area contributed by atoms with E-state index in [1.165, 1.54) is 22.9 Å². The summed E-state index contributed by atoms with van der Waals surface area (Å²) >= 11 is 0. The molecule has 1 amide bonds. The lowest BCUT2D eigenvalue weighted by Gasteiger charge is -2.37. The second-order valence-electron chi connectivity index (χ2n) is 9.59. The van der Waals surface area contributed by atoms with Gasteiger partial charge in [0.25, 0.3) is 10.0 Å². The first-order valence-corrected chi connectivity index (χ1v) is 13.3. The summed E-state index contributed by atoms with van der Waals surface area (Å²) in [4.78, 5) is 27.0. The summed E-state index contributed by atoms with van der Waals surface area (Å²) in [5, 5.41) is 2.84. The van der Waals surface area contributed by atoms with Crippen LogP contribution in [0.5, 0.6) is 0 Å². The fourth-order valence-corrected chi connectivity index (χ4v) is 6.37. The zero-order valence-electron chi connectivity index (χ0n) is 20.1. The number of amides is 1. The van der Waals surface area contributed by atoms with Crippen LogP contribution >= 0.6 is 0 Å². The zero-order chi connectivity index (χ0) is 24.2. The molecule has 33 heavy (non-hydrogen) atoms. The van der Waals surface area contributed by atoms with E-state index >= 15 is 0 Å². The van der Waals surface area contributed by atoms with Crippen LogP contribution in [0.4, 0.5) is 0 Å². The van der Waals surface area contributed by atoms with E-state index in [-0.39, 0.29) is 48.4 Å². The van der Waals surface area contributed by atoms with Crippen molar-refractivity contribution in [2.45, 2.75) is 58.1 Å². The highest BCUT2D eigenvalue weighted by Gasteiger charge is 2.35. The second kappa shape index (κ2) is 11.0. The Kier molecular flexibility index (Phi) is 8.58. The van der Waals surface area contributed by atoms with Crippen LogP contribution in [0.1, 0.15) is 57.5 Å². The number of nitrogens with one attached hydrogen (secondary N) is 1. The van der Waals surface area contributed by atoms with Crippen molar-refractivity contribution in [3.63, 3.8) is 0 Å². The fraction of sp³-hybridized carbons (Fsp3) is 0.739. The van der Waals surface area contributed by atoms with Crippen LogP contribution in [-0.4, -0.2) is 74.9 Å². The van der Waals surface area contributed by atoms with Crippen LogP contribution in [-0.2, 0) is 19.6 Å². The third kappa shape index (κ3) is 6.58. The fourth-order valence-electron chi connectivity index (χ4n) is 4.99. The third-order valence-corrected chi connectivity index (χ3v) is 8.11. The average Bonchev–Trinajstić information content (AvgIpc) is 3.24. The van der Waals surface area contributed by atoms with Gasteiger partial charge in [0.2, 0.25) is 16.8 Å². The van der Waals surface area contributed by atoms with Crippen molar-refractivity contribution >= 4 is 21.9 Å². The van der Waals surface area contributed by atoms with Gasteiger partial charge in [0.15, 0.2) is 0 Å². The summed E-state index contributed by atoms with van der Waals surface area (Å²) < 4.78 is 37.2. The summed E-state index contributed by atoms with van der Waals surface area (Å²) in [5.74, 6) is 0.272. The standard InChI is InChI=1S/C23H37N3O6S/c1-5-31-23(28)20-6-7-21(32-20)33(29,30)26-10-8-19(9-11-26)22(27)24-18(4)15-25-13-16(2)12-17(3)14-25/h6-7,16-19H,5,8-15H2,1-4H3,(H,24,27). The number of rotatable bonds is 8. The van der Waals surface area contributed by atoms with E-state index < -0.39 is 16.0 Å². The zero-order valence-corrected chi connectivity index (χ0v) is 20.9. The SMILES string of the molecule is CCOC(=O)c1ccc(S(=O)(=O)N2CCC(C(=O)NC(C)CN3CC(C)CC(C)C3)CC2)o1. The number of hydrogen-bond acceptors (Lipinski definition) is 7. The predicted octanol–water partition coefficient (Wildman–Crippen LogP) is 2.34. The van der Waals surface area contributed by atoms with Crippen LogP contribution in [0.3, 0.4) is 0 Å². The quantitative estimate of drug-likeness (QED) is 0.565. The lowest BCUT2D eigenvalue weighted by molar-refractivity contribution is -0.126. The maximum absolute atomic E-state index is 12.9. The molecule has 3 rings (SSSR count). The van der Waals surface area contributed by atoms with E-state index in [0.717, 1.165) is 19.6 Å². The van der Waals surface area contributed by atoms with E-state index in [2.05, 4.69) is 24.1 Å². The van der Waals surface area contributed by atoms with Crippen LogP contribution in [0.15, 0.2) is 21.6 Å². The summed E-state index contributed by atoms with van der Waals surface area (Å²) in [5.41, 5.74) is 0. The molecule has 0 radical (unpaired) electrons. The molecule has 1 N–H and O–H groups in total. The number of carbonyl (C=O) groups is 2. The lowest BCUT2D eigenvalue weighted by Crippen LogP contribution is -2.49. The molecule has 9 nitrogen and oxygen atoms in total. The van der Waals surface area contributed by atoms with Gasteiger partial charge in [-0.1, -0.05) is 13.8 Å². The number of piperidine rings is 2. The maximum Gasteiger partial charge on any atom is 0.374 e. The highest BCUT2D eigenvalue weighted by molar-refractivity contribution is 7.89.